The van der Waals surface area contributed by atoms with Gasteiger partial charge in [0.2, 0.25) is 0 Å². The van der Waals surface area contributed by atoms with E-state index in [2.05, 4.69) is 54.8 Å². The van der Waals surface area contributed by atoms with Crippen LogP contribution in [0, 0.1) is 0 Å². The summed E-state index contributed by atoms with van der Waals surface area (Å²) in [6, 6.07) is 0. The highest BCUT2D eigenvalue weighted by molar-refractivity contribution is 7.47. The SMILES string of the molecule is CC/C=C\C/C=C\C/C=C\CCCCCC(=O)OC(COC(=O)CCCCCCCCCCCCCCCC)COP(=O)(O)OCC(O)CO. The Balaban J connectivity index is 4.39. The molecule has 3 unspecified atom stereocenters. The van der Waals surface area contributed by atoms with Crippen LogP contribution in [0.1, 0.15) is 162 Å². The Labute approximate surface area is 303 Å². The number of rotatable bonds is 36. The Hall–Kier alpha value is -1.81. The van der Waals surface area contributed by atoms with E-state index >= 15 is 0 Å². The van der Waals surface area contributed by atoms with Gasteiger partial charge in [-0.1, -0.05) is 140 Å². The lowest BCUT2D eigenvalue weighted by atomic mass is 10.0. The minimum Gasteiger partial charge on any atom is -0.462 e. The molecule has 10 nitrogen and oxygen atoms in total. The first-order chi connectivity index (χ1) is 24.2. The number of aliphatic hydroxyl groups excluding tert-OH is 2. The van der Waals surface area contributed by atoms with Crippen molar-refractivity contribution in [1.82, 2.24) is 0 Å². The summed E-state index contributed by atoms with van der Waals surface area (Å²) < 4.78 is 32.6. The quantitative estimate of drug-likeness (QED) is 0.0246. The molecule has 0 saturated carbocycles. The Kier molecular flexibility index (Phi) is 34.3. The average Bonchev–Trinajstić information content (AvgIpc) is 3.10. The van der Waals surface area contributed by atoms with E-state index in [1.54, 1.807) is 0 Å². The van der Waals surface area contributed by atoms with Gasteiger partial charge in [0, 0.05) is 12.8 Å². The van der Waals surface area contributed by atoms with Crippen molar-refractivity contribution in [3.63, 3.8) is 0 Å². The molecule has 0 aromatic heterocycles. The minimum absolute atomic E-state index is 0.150. The summed E-state index contributed by atoms with van der Waals surface area (Å²) in [5, 5.41) is 18.3. The second-order valence-electron chi connectivity index (χ2n) is 12.9. The fourth-order valence-electron chi connectivity index (χ4n) is 5.07. The third-order valence-electron chi connectivity index (χ3n) is 8.06. The number of allylic oxidation sites excluding steroid dienone is 6. The van der Waals surface area contributed by atoms with Crippen LogP contribution < -0.4 is 0 Å². The number of esters is 2. The van der Waals surface area contributed by atoms with Gasteiger partial charge in [0.15, 0.2) is 6.10 Å². The van der Waals surface area contributed by atoms with E-state index in [0.717, 1.165) is 57.8 Å². The van der Waals surface area contributed by atoms with Crippen LogP contribution in [0.2, 0.25) is 0 Å². The molecule has 0 aromatic rings. The largest absolute Gasteiger partial charge is 0.472 e. The van der Waals surface area contributed by atoms with Crippen LogP contribution in [0.15, 0.2) is 36.5 Å². The molecule has 0 fully saturated rings. The average molecular weight is 731 g/mol. The van der Waals surface area contributed by atoms with Crippen molar-refractivity contribution in [2.24, 2.45) is 0 Å². The van der Waals surface area contributed by atoms with Gasteiger partial charge in [-0.05, 0) is 44.9 Å². The third-order valence-corrected chi connectivity index (χ3v) is 9.01. The van der Waals surface area contributed by atoms with Crippen LogP contribution in [-0.4, -0.2) is 65.7 Å². The zero-order valence-corrected chi connectivity index (χ0v) is 32.3. The summed E-state index contributed by atoms with van der Waals surface area (Å²) in [6.45, 7) is 2.22. The lowest BCUT2D eigenvalue weighted by molar-refractivity contribution is -0.161. The maximum absolute atomic E-state index is 12.5. The van der Waals surface area contributed by atoms with E-state index in [9.17, 15) is 24.2 Å². The second-order valence-corrected chi connectivity index (χ2v) is 14.4. The highest BCUT2D eigenvalue weighted by atomic mass is 31.2. The van der Waals surface area contributed by atoms with Crippen LogP contribution in [0.3, 0.4) is 0 Å². The molecule has 0 radical (unpaired) electrons. The molecule has 3 atom stereocenters. The fourth-order valence-corrected chi connectivity index (χ4v) is 5.85. The van der Waals surface area contributed by atoms with Gasteiger partial charge in [0.1, 0.15) is 12.7 Å². The van der Waals surface area contributed by atoms with E-state index in [-0.39, 0.29) is 19.4 Å². The van der Waals surface area contributed by atoms with E-state index in [4.69, 9.17) is 19.1 Å². The summed E-state index contributed by atoms with van der Waals surface area (Å²) in [5.41, 5.74) is 0. The van der Waals surface area contributed by atoms with E-state index in [0.29, 0.717) is 12.8 Å². The number of unbranched alkanes of at least 4 members (excludes halogenated alkanes) is 16. The molecule has 0 bridgehead atoms. The van der Waals surface area contributed by atoms with Crippen LogP contribution in [0.4, 0.5) is 0 Å². The van der Waals surface area contributed by atoms with Gasteiger partial charge >= 0.3 is 19.8 Å². The predicted molar refractivity (Wildman–Crippen MR) is 201 cm³/mol. The topological polar surface area (TPSA) is 149 Å². The van der Waals surface area contributed by atoms with Crippen molar-refractivity contribution in [2.75, 3.05) is 26.4 Å². The summed E-state index contributed by atoms with van der Waals surface area (Å²) in [6.07, 6.45) is 34.0. The molecule has 0 spiro atoms. The van der Waals surface area contributed by atoms with Gasteiger partial charge in [-0.25, -0.2) is 4.57 Å². The highest BCUT2D eigenvalue weighted by Gasteiger charge is 2.27. The normalized spacial score (nSPS) is 14.4. The Morgan fingerprint density at radius 2 is 1.10 bits per heavy atom. The summed E-state index contributed by atoms with van der Waals surface area (Å²) >= 11 is 0. The van der Waals surface area contributed by atoms with Gasteiger partial charge in [-0.3, -0.25) is 18.6 Å². The Morgan fingerprint density at radius 3 is 1.66 bits per heavy atom. The molecule has 0 saturated heterocycles. The Morgan fingerprint density at radius 1 is 0.620 bits per heavy atom. The maximum atomic E-state index is 12.5. The summed E-state index contributed by atoms with van der Waals surface area (Å²) in [5.74, 6) is -0.958. The zero-order valence-electron chi connectivity index (χ0n) is 31.4. The number of aliphatic hydroxyl groups is 2. The van der Waals surface area contributed by atoms with Crippen LogP contribution in [0.25, 0.3) is 0 Å². The standard InChI is InChI=1S/C39H71O10P/c1-3-5-7-9-11-13-15-17-19-20-22-24-26-28-30-38(42)46-34-37(35-48-50(44,45)47-33-36(41)32-40)49-39(43)31-29-27-25-23-21-18-16-14-12-10-8-6-4-2/h6,8,12,14,18,21,36-37,40-41H,3-5,7,9-11,13,15-17,19-20,22-35H2,1-2H3,(H,44,45)/b8-6-,14-12-,21-18-. The molecular formula is C39H71O10P. The summed E-state index contributed by atoms with van der Waals surface area (Å²) in [4.78, 5) is 34.8. The third kappa shape index (κ3) is 34.6. The predicted octanol–water partition coefficient (Wildman–Crippen LogP) is 9.61. The smallest absolute Gasteiger partial charge is 0.462 e. The van der Waals surface area contributed by atoms with Crippen molar-refractivity contribution in [3.8, 4) is 0 Å². The van der Waals surface area contributed by atoms with Crippen LogP contribution in [-0.2, 0) is 32.7 Å². The monoisotopic (exact) mass is 730 g/mol. The molecule has 0 aliphatic carbocycles. The van der Waals surface area contributed by atoms with Gasteiger partial charge < -0.3 is 24.6 Å². The molecule has 50 heavy (non-hydrogen) atoms. The van der Waals surface area contributed by atoms with Crippen molar-refractivity contribution < 1.29 is 47.8 Å². The number of hydrogen-bond acceptors (Lipinski definition) is 9. The first-order valence-corrected chi connectivity index (χ1v) is 20.9. The van der Waals surface area contributed by atoms with Crippen LogP contribution >= 0.6 is 7.82 Å². The second kappa shape index (κ2) is 35.6. The van der Waals surface area contributed by atoms with Crippen molar-refractivity contribution in [1.29, 1.82) is 0 Å². The molecule has 0 amide bonds. The van der Waals surface area contributed by atoms with E-state index in [1.165, 1.54) is 64.2 Å². The number of ether oxygens (including phenoxy) is 2. The number of carbonyl (C=O) groups excluding carboxylic acids is 2. The van der Waals surface area contributed by atoms with E-state index in [1.807, 2.05) is 0 Å². The van der Waals surface area contributed by atoms with Crippen molar-refractivity contribution >= 4 is 19.8 Å². The number of carbonyl (C=O) groups is 2. The lowest BCUT2D eigenvalue weighted by Crippen LogP contribution is -2.29. The van der Waals surface area contributed by atoms with Gasteiger partial charge in [0.05, 0.1) is 19.8 Å². The first kappa shape index (κ1) is 48.2. The van der Waals surface area contributed by atoms with Gasteiger partial charge in [-0.15, -0.1) is 0 Å². The van der Waals surface area contributed by atoms with E-state index < -0.39 is 51.8 Å². The van der Waals surface area contributed by atoms with Crippen molar-refractivity contribution in [2.45, 2.75) is 174 Å². The molecule has 0 rings (SSSR count). The molecule has 3 N–H and O–H groups in total. The van der Waals surface area contributed by atoms with Gasteiger partial charge in [0.25, 0.3) is 0 Å². The first-order valence-electron chi connectivity index (χ1n) is 19.4. The number of hydrogen-bond donors (Lipinski definition) is 3. The van der Waals surface area contributed by atoms with Crippen LogP contribution in [0.5, 0.6) is 0 Å². The molecular weight excluding hydrogens is 659 g/mol. The minimum atomic E-state index is -4.62. The zero-order chi connectivity index (χ0) is 37.0. The molecule has 0 aliphatic heterocycles. The Bertz CT molecular complexity index is 936. The number of phosphoric ester groups is 1. The lowest BCUT2D eigenvalue weighted by Gasteiger charge is -2.20. The molecule has 11 heteroatoms. The van der Waals surface area contributed by atoms with Crippen molar-refractivity contribution in [3.05, 3.63) is 36.5 Å². The van der Waals surface area contributed by atoms with Gasteiger partial charge in [-0.2, -0.15) is 0 Å². The molecule has 0 aliphatic rings. The fraction of sp³-hybridized carbons (Fsp3) is 0.795. The maximum Gasteiger partial charge on any atom is 0.472 e. The summed E-state index contributed by atoms with van der Waals surface area (Å²) in [7, 11) is -4.62. The molecule has 0 heterocycles. The number of phosphoric acid groups is 1. The molecule has 292 valence electrons. The molecule has 0 aromatic carbocycles. The highest BCUT2D eigenvalue weighted by Crippen LogP contribution is 2.43.